The van der Waals surface area contributed by atoms with Gasteiger partial charge in [0.15, 0.2) is 6.23 Å². The van der Waals surface area contributed by atoms with Gasteiger partial charge in [0.1, 0.15) is 5.52 Å². The highest BCUT2D eigenvalue weighted by atomic mass is 35.5. The van der Waals surface area contributed by atoms with Crippen molar-refractivity contribution >= 4 is 22.6 Å². The van der Waals surface area contributed by atoms with Crippen LogP contribution in [0.3, 0.4) is 0 Å². The summed E-state index contributed by atoms with van der Waals surface area (Å²) in [5, 5.41) is 4.96. The number of nitrogens with zero attached hydrogens (tertiary/aromatic N) is 3. The first-order valence-corrected chi connectivity index (χ1v) is 5.83. The topological polar surface area (TPSA) is 39.9 Å². The molecule has 5 heteroatoms. The lowest BCUT2D eigenvalue weighted by Gasteiger charge is -2.23. The van der Waals surface area contributed by atoms with E-state index in [1.807, 2.05) is 10.7 Å². The van der Waals surface area contributed by atoms with Crippen LogP contribution in [-0.4, -0.2) is 21.4 Å². The highest BCUT2D eigenvalue weighted by Gasteiger charge is 2.18. The van der Waals surface area contributed by atoms with Crippen LogP contribution in [0.2, 0.25) is 5.02 Å². The Kier molecular flexibility index (Phi) is 2.53. The third-order valence-electron chi connectivity index (χ3n) is 2.84. The number of fused-ring (bicyclic) bond motifs is 1. The molecule has 4 nitrogen and oxygen atoms in total. The normalized spacial score (nSPS) is 21.4. The maximum Gasteiger partial charge on any atom is 0.150 e. The van der Waals surface area contributed by atoms with Crippen LogP contribution in [0.5, 0.6) is 0 Å². The van der Waals surface area contributed by atoms with Gasteiger partial charge in [-0.2, -0.15) is 5.10 Å². The van der Waals surface area contributed by atoms with Crippen LogP contribution in [0, 0.1) is 0 Å². The molecule has 1 atom stereocenters. The van der Waals surface area contributed by atoms with Gasteiger partial charge in [-0.3, -0.25) is 4.98 Å². The third-order valence-corrected chi connectivity index (χ3v) is 3.05. The molecule has 16 heavy (non-hydrogen) atoms. The third kappa shape index (κ3) is 1.68. The largest absolute Gasteiger partial charge is 0.356 e. The molecule has 1 aliphatic rings. The zero-order valence-corrected chi connectivity index (χ0v) is 9.52. The van der Waals surface area contributed by atoms with Crippen LogP contribution in [0.25, 0.3) is 11.0 Å². The molecule has 0 amide bonds. The molecular weight excluding hydrogens is 226 g/mol. The molecule has 1 saturated heterocycles. The maximum absolute atomic E-state index is 5.94. The smallest absolute Gasteiger partial charge is 0.150 e. The molecule has 0 N–H and O–H groups in total. The van der Waals surface area contributed by atoms with E-state index in [0.29, 0.717) is 5.02 Å². The van der Waals surface area contributed by atoms with E-state index < -0.39 is 0 Å². The van der Waals surface area contributed by atoms with Crippen molar-refractivity contribution in [2.45, 2.75) is 25.5 Å². The number of hydrogen-bond donors (Lipinski definition) is 0. The summed E-state index contributed by atoms with van der Waals surface area (Å²) in [4.78, 5) is 4.23. The molecule has 3 rings (SSSR count). The number of ether oxygens (including phenoxy) is 1. The van der Waals surface area contributed by atoms with Crippen molar-refractivity contribution in [3.63, 3.8) is 0 Å². The molecule has 1 fully saturated rings. The second-order valence-electron chi connectivity index (χ2n) is 3.97. The molecule has 0 aliphatic carbocycles. The second kappa shape index (κ2) is 4.03. The molecule has 0 saturated carbocycles. The molecule has 0 bridgehead atoms. The molecule has 84 valence electrons. The van der Waals surface area contributed by atoms with Crippen LogP contribution in [0.1, 0.15) is 25.5 Å². The summed E-state index contributed by atoms with van der Waals surface area (Å²) in [6.45, 7) is 0.806. The predicted molar refractivity (Wildman–Crippen MR) is 61.4 cm³/mol. The van der Waals surface area contributed by atoms with Crippen LogP contribution in [0.15, 0.2) is 18.5 Å². The van der Waals surface area contributed by atoms with E-state index in [0.717, 1.165) is 30.5 Å². The molecule has 0 aromatic carbocycles. The summed E-state index contributed by atoms with van der Waals surface area (Å²) in [6, 6.07) is 1.88. The summed E-state index contributed by atoms with van der Waals surface area (Å²) in [6.07, 6.45) is 6.74. The van der Waals surface area contributed by atoms with E-state index in [-0.39, 0.29) is 6.23 Å². The summed E-state index contributed by atoms with van der Waals surface area (Å²) in [5.41, 5.74) is 1.80. The first kappa shape index (κ1) is 10.1. The van der Waals surface area contributed by atoms with Crippen molar-refractivity contribution in [1.29, 1.82) is 0 Å². The molecule has 1 unspecified atom stereocenters. The number of halogens is 1. The van der Waals surface area contributed by atoms with Crippen LogP contribution in [0.4, 0.5) is 0 Å². The number of pyridine rings is 1. The van der Waals surface area contributed by atoms with Crippen LogP contribution < -0.4 is 0 Å². The minimum Gasteiger partial charge on any atom is -0.356 e. The standard InChI is InChI=1S/C11H12ClN3O/c12-8-5-10-9(13-6-8)7-14-15(10)11-3-1-2-4-16-11/h5-7,11H,1-4H2. The highest BCUT2D eigenvalue weighted by Crippen LogP contribution is 2.26. The van der Waals surface area contributed by atoms with Gasteiger partial charge in [-0.15, -0.1) is 0 Å². The Morgan fingerprint density at radius 3 is 3.12 bits per heavy atom. The number of aromatic nitrogens is 3. The second-order valence-corrected chi connectivity index (χ2v) is 4.40. The van der Waals surface area contributed by atoms with Gasteiger partial charge in [0.2, 0.25) is 0 Å². The summed E-state index contributed by atoms with van der Waals surface area (Å²) in [5.74, 6) is 0. The number of hydrogen-bond acceptors (Lipinski definition) is 3. The van der Waals surface area contributed by atoms with Gasteiger partial charge in [-0.25, -0.2) is 4.68 Å². The summed E-state index contributed by atoms with van der Waals surface area (Å²) < 4.78 is 7.58. The SMILES string of the molecule is Clc1cnc2cnn(C3CCCCO3)c2c1. The van der Waals surface area contributed by atoms with E-state index in [1.165, 1.54) is 6.42 Å². The van der Waals surface area contributed by atoms with E-state index in [4.69, 9.17) is 16.3 Å². The maximum atomic E-state index is 5.94. The van der Waals surface area contributed by atoms with Gasteiger partial charge in [0, 0.05) is 12.8 Å². The van der Waals surface area contributed by atoms with E-state index >= 15 is 0 Å². The Bertz CT molecular complexity index is 505. The lowest BCUT2D eigenvalue weighted by atomic mass is 10.2. The van der Waals surface area contributed by atoms with Crippen LogP contribution >= 0.6 is 11.6 Å². The zero-order valence-electron chi connectivity index (χ0n) is 8.77. The minimum atomic E-state index is 0.0338. The summed E-state index contributed by atoms with van der Waals surface area (Å²) in [7, 11) is 0. The number of rotatable bonds is 1. The zero-order chi connectivity index (χ0) is 11.0. The fraction of sp³-hybridized carbons (Fsp3) is 0.455. The Morgan fingerprint density at radius 1 is 1.38 bits per heavy atom. The predicted octanol–water partition coefficient (Wildman–Crippen LogP) is 2.78. The Morgan fingerprint density at radius 2 is 2.31 bits per heavy atom. The van der Waals surface area contributed by atoms with Crippen molar-refractivity contribution < 1.29 is 4.74 Å². The molecule has 0 spiro atoms. The van der Waals surface area contributed by atoms with Crippen molar-refractivity contribution in [3.05, 3.63) is 23.5 Å². The Hall–Kier alpha value is -1.13. The van der Waals surface area contributed by atoms with E-state index in [1.54, 1.807) is 12.4 Å². The fourth-order valence-electron chi connectivity index (χ4n) is 2.05. The lowest BCUT2D eigenvalue weighted by molar-refractivity contribution is -0.0366. The first-order chi connectivity index (χ1) is 7.84. The van der Waals surface area contributed by atoms with Gasteiger partial charge in [-0.1, -0.05) is 11.6 Å². The molecule has 2 aromatic rings. The van der Waals surface area contributed by atoms with Crippen molar-refractivity contribution in [1.82, 2.24) is 14.8 Å². The van der Waals surface area contributed by atoms with Crippen molar-refractivity contribution in [2.75, 3.05) is 6.61 Å². The quantitative estimate of drug-likeness (QED) is 0.766. The fourth-order valence-corrected chi connectivity index (χ4v) is 2.20. The molecule has 2 aromatic heterocycles. The van der Waals surface area contributed by atoms with Gasteiger partial charge in [-0.05, 0) is 25.3 Å². The minimum absolute atomic E-state index is 0.0338. The molecule has 1 aliphatic heterocycles. The Labute approximate surface area is 98.2 Å². The average molecular weight is 238 g/mol. The molecule has 3 heterocycles. The van der Waals surface area contributed by atoms with E-state index in [2.05, 4.69) is 10.1 Å². The van der Waals surface area contributed by atoms with Gasteiger partial charge in [0.05, 0.1) is 16.7 Å². The van der Waals surface area contributed by atoms with Crippen molar-refractivity contribution in [3.8, 4) is 0 Å². The lowest BCUT2D eigenvalue weighted by Crippen LogP contribution is -2.18. The van der Waals surface area contributed by atoms with Gasteiger partial charge >= 0.3 is 0 Å². The molecule has 0 radical (unpaired) electrons. The Balaban J connectivity index is 2.05. The first-order valence-electron chi connectivity index (χ1n) is 5.45. The van der Waals surface area contributed by atoms with E-state index in [9.17, 15) is 0 Å². The monoisotopic (exact) mass is 237 g/mol. The van der Waals surface area contributed by atoms with Gasteiger partial charge < -0.3 is 4.74 Å². The van der Waals surface area contributed by atoms with Gasteiger partial charge in [0.25, 0.3) is 0 Å². The van der Waals surface area contributed by atoms with Crippen LogP contribution in [-0.2, 0) is 4.74 Å². The van der Waals surface area contributed by atoms with Crippen molar-refractivity contribution in [2.24, 2.45) is 0 Å². The molecular formula is C11H12ClN3O. The average Bonchev–Trinajstić information content (AvgIpc) is 2.73. The highest BCUT2D eigenvalue weighted by molar-refractivity contribution is 6.31. The summed E-state index contributed by atoms with van der Waals surface area (Å²) >= 11 is 5.94.